The number of carbonyl (C=O) groups is 1. The second-order valence-electron chi connectivity index (χ2n) is 4.88. The summed E-state index contributed by atoms with van der Waals surface area (Å²) in [4.78, 5) is 10.3. The number of rotatable bonds is 3. The Morgan fingerprint density at radius 3 is 2.55 bits per heavy atom. The molecule has 0 bridgehead atoms. The second kappa shape index (κ2) is 6.21. The molecular formula is C13H14F3NO3S2. The average Bonchev–Trinajstić information content (AvgIpc) is 2.86. The molecule has 0 radical (unpaired) electrons. The van der Waals surface area contributed by atoms with Crippen molar-refractivity contribution in [1.29, 1.82) is 0 Å². The van der Waals surface area contributed by atoms with E-state index in [2.05, 4.69) is 0 Å². The highest BCUT2D eigenvalue weighted by molar-refractivity contribution is 8.14. The number of benzene rings is 1. The van der Waals surface area contributed by atoms with Crippen LogP contribution in [0.15, 0.2) is 29.2 Å². The van der Waals surface area contributed by atoms with Gasteiger partial charge in [-0.3, -0.25) is 4.79 Å². The van der Waals surface area contributed by atoms with Crippen molar-refractivity contribution in [3.8, 4) is 0 Å². The topological polar surface area (TPSA) is 54.5 Å². The Labute approximate surface area is 130 Å². The van der Waals surface area contributed by atoms with Gasteiger partial charge in [0.25, 0.3) is 0 Å². The molecule has 1 aliphatic heterocycles. The molecule has 1 unspecified atom stereocenters. The highest BCUT2D eigenvalue weighted by atomic mass is 32.2. The molecule has 1 heterocycles. The minimum absolute atomic E-state index is 0.0404. The van der Waals surface area contributed by atoms with Gasteiger partial charge in [-0.05, 0) is 18.6 Å². The third-order valence-electron chi connectivity index (χ3n) is 3.25. The van der Waals surface area contributed by atoms with Crippen LogP contribution in [0.3, 0.4) is 0 Å². The Morgan fingerprint density at radius 1 is 1.32 bits per heavy atom. The maximum absolute atomic E-state index is 13.0. The summed E-state index contributed by atoms with van der Waals surface area (Å²) in [5.41, 5.74) is -1.17. The molecule has 2 rings (SSSR count). The molecule has 0 amide bonds. The van der Waals surface area contributed by atoms with Crippen molar-refractivity contribution in [1.82, 2.24) is 4.31 Å². The van der Waals surface area contributed by atoms with Gasteiger partial charge >= 0.3 is 6.18 Å². The van der Waals surface area contributed by atoms with Crippen LogP contribution >= 0.6 is 11.8 Å². The van der Waals surface area contributed by atoms with Crippen molar-refractivity contribution in [3.63, 3.8) is 0 Å². The molecule has 9 heteroatoms. The molecular weight excluding hydrogens is 339 g/mol. The van der Waals surface area contributed by atoms with Crippen molar-refractivity contribution >= 4 is 26.9 Å². The minimum Gasteiger partial charge on any atom is -0.288 e. The van der Waals surface area contributed by atoms with Crippen molar-refractivity contribution in [3.05, 3.63) is 29.8 Å². The summed E-state index contributed by atoms with van der Waals surface area (Å²) in [5.74, 6) is 0. The van der Waals surface area contributed by atoms with Gasteiger partial charge in [0, 0.05) is 25.3 Å². The normalized spacial score (nSPS) is 20.3. The van der Waals surface area contributed by atoms with Gasteiger partial charge < -0.3 is 0 Å². The fraction of sp³-hybridized carbons (Fsp3) is 0.462. The number of nitrogens with zero attached hydrogens (tertiary/aromatic N) is 1. The first-order chi connectivity index (χ1) is 10.1. The maximum atomic E-state index is 13.0. The largest absolute Gasteiger partial charge is 0.417 e. The van der Waals surface area contributed by atoms with E-state index in [1.807, 2.05) is 0 Å². The predicted octanol–water partition coefficient (Wildman–Crippen LogP) is 2.75. The van der Waals surface area contributed by atoms with Crippen molar-refractivity contribution in [2.45, 2.75) is 29.7 Å². The molecule has 1 atom stereocenters. The van der Waals surface area contributed by atoms with Crippen LogP contribution in [-0.2, 0) is 21.0 Å². The monoisotopic (exact) mass is 353 g/mol. The van der Waals surface area contributed by atoms with Crippen molar-refractivity contribution in [2.75, 3.05) is 13.1 Å². The second-order valence-corrected chi connectivity index (χ2v) is 8.26. The van der Waals surface area contributed by atoms with Crippen LogP contribution in [0, 0.1) is 0 Å². The van der Waals surface area contributed by atoms with E-state index in [0.29, 0.717) is 6.42 Å². The van der Waals surface area contributed by atoms with E-state index in [0.717, 1.165) is 34.3 Å². The molecule has 1 aromatic rings. The number of halogens is 3. The van der Waals surface area contributed by atoms with Crippen LogP contribution in [0.5, 0.6) is 0 Å². The summed E-state index contributed by atoms with van der Waals surface area (Å²) < 4.78 is 64.9. The van der Waals surface area contributed by atoms with Crippen LogP contribution in [0.25, 0.3) is 0 Å². The first-order valence-electron chi connectivity index (χ1n) is 6.46. The van der Waals surface area contributed by atoms with E-state index < -0.39 is 26.7 Å². The number of hydrogen-bond acceptors (Lipinski definition) is 4. The standard InChI is InChI=1S/C13H14F3NO3S2/c1-9(18)21-10-6-7-17(8-10)22(19,20)12-5-3-2-4-11(12)13(14,15)16/h2-5,10H,6-8H2,1H3. The molecule has 1 saturated heterocycles. The first kappa shape index (κ1) is 17.3. The van der Waals surface area contributed by atoms with Gasteiger partial charge in [-0.15, -0.1) is 0 Å². The Bertz CT molecular complexity index is 673. The zero-order chi connectivity index (χ0) is 16.5. The van der Waals surface area contributed by atoms with Gasteiger partial charge in [0.15, 0.2) is 5.12 Å². The molecule has 0 N–H and O–H groups in total. The summed E-state index contributed by atoms with van der Waals surface area (Å²) in [5, 5.41) is -0.356. The maximum Gasteiger partial charge on any atom is 0.417 e. The van der Waals surface area contributed by atoms with E-state index in [9.17, 15) is 26.4 Å². The van der Waals surface area contributed by atoms with Crippen molar-refractivity contribution < 1.29 is 26.4 Å². The van der Waals surface area contributed by atoms with Crippen LogP contribution in [0.2, 0.25) is 0 Å². The SMILES string of the molecule is CC(=O)SC1CCN(S(=O)(=O)c2ccccc2C(F)(F)F)C1. The number of alkyl halides is 3. The zero-order valence-corrected chi connectivity index (χ0v) is 13.3. The van der Waals surface area contributed by atoms with Gasteiger partial charge in [0.1, 0.15) is 0 Å². The zero-order valence-electron chi connectivity index (χ0n) is 11.6. The molecule has 1 fully saturated rings. The van der Waals surface area contributed by atoms with E-state index in [4.69, 9.17) is 0 Å². The van der Waals surface area contributed by atoms with E-state index in [1.165, 1.54) is 13.0 Å². The molecule has 1 aromatic carbocycles. The molecule has 122 valence electrons. The summed E-state index contributed by atoms with van der Waals surface area (Å²) >= 11 is 1.02. The lowest BCUT2D eigenvalue weighted by atomic mass is 10.2. The molecule has 4 nitrogen and oxygen atoms in total. The number of hydrogen-bond donors (Lipinski definition) is 0. The molecule has 0 aliphatic carbocycles. The summed E-state index contributed by atoms with van der Waals surface area (Å²) in [7, 11) is -4.23. The molecule has 0 saturated carbocycles. The van der Waals surface area contributed by atoms with Crippen LogP contribution in [-0.4, -0.2) is 36.2 Å². The first-order valence-corrected chi connectivity index (χ1v) is 8.78. The fourth-order valence-electron chi connectivity index (χ4n) is 2.31. The molecule has 1 aliphatic rings. The van der Waals surface area contributed by atoms with Gasteiger partial charge in [-0.1, -0.05) is 23.9 Å². The fourth-order valence-corrected chi connectivity index (χ4v) is 5.07. The minimum atomic E-state index is -4.74. The lowest BCUT2D eigenvalue weighted by Gasteiger charge is -2.19. The molecule has 0 spiro atoms. The molecule has 0 aromatic heterocycles. The molecule has 22 heavy (non-hydrogen) atoms. The van der Waals surface area contributed by atoms with Gasteiger partial charge in [0.05, 0.1) is 10.5 Å². The third-order valence-corrected chi connectivity index (χ3v) is 6.22. The Balaban J connectivity index is 2.31. The number of thioether (sulfide) groups is 1. The quantitative estimate of drug-likeness (QED) is 0.838. The summed E-state index contributed by atoms with van der Waals surface area (Å²) in [6.07, 6.45) is -4.30. The van der Waals surface area contributed by atoms with E-state index >= 15 is 0 Å². The lowest BCUT2D eigenvalue weighted by molar-refractivity contribution is -0.139. The highest BCUT2D eigenvalue weighted by Gasteiger charge is 2.40. The lowest BCUT2D eigenvalue weighted by Crippen LogP contribution is -2.31. The van der Waals surface area contributed by atoms with Gasteiger partial charge in [0.2, 0.25) is 10.0 Å². The van der Waals surface area contributed by atoms with Gasteiger partial charge in [-0.2, -0.15) is 17.5 Å². The van der Waals surface area contributed by atoms with E-state index in [1.54, 1.807) is 0 Å². The van der Waals surface area contributed by atoms with E-state index in [-0.39, 0.29) is 23.5 Å². The summed E-state index contributed by atoms with van der Waals surface area (Å²) in [6, 6.07) is 4.13. The third kappa shape index (κ3) is 3.64. The number of sulfonamides is 1. The van der Waals surface area contributed by atoms with Crippen LogP contribution < -0.4 is 0 Å². The summed E-state index contributed by atoms with van der Waals surface area (Å²) in [6.45, 7) is 1.53. The number of carbonyl (C=O) groups excluding carboxylic acids is 1. The average molecular weight is 353 g/mol. The smallest absolute Gasteiger partial charge is 0.288 e. The Hall–Kier alpha value is -1.06. The predicted molar refractivity (Wildman–Crippen MR) is 76.9 cm³/mol. The van der Waals surface area contributed by atoms with Crippen LogP contribution in [0.1, 0.15) is 18.9 Å². The highest BCUT2D eigenvalue weighted by Crippen LogP contribution is 2.36. The van der Waals surface area contributed by atoms with Crippen LogP contribution in [0.4, 0.5) is 13.2 Å². The van der Waals surface area contributed by atoms with Crippen molar-refractivity contribution in [2.24, 2.45) is 0 Å². The Kier molecular flexibility index (Phi) is 4.88. The Morgan fingerprint density at radius 2 is 1.95 bits per heavy atom. The van der Waals surface area contributed by atoms with Gasteiger partial charge in [-0.25, -0.2) is 8.42 Å².